The summed E-state index contributed by atoms with van der Waals surface area (Å²) in [6, 6.07) is 5.30. The molecular formula is C31H46N4O4. The highest BCUT2D eigenvalue weighted by molar-refractivity contribution is 5.99. The molecule has 39 heavy (non-hydrogen) atoms. The van der Waals surface area contributed by atoms with Crippen LogP contribution < -0.4 is 10.6 Å². The summed E-state index contributed by atoms with van der Waals surface area (Å²) in [4.78, 5) is 47.0. The Morgan fingerprint density at radius 3 is 2.41 bits per heavy atom. The number of benzene rings is 1. The summed E-state index contributed by atoms with van der Waals surface area (Å²) in [7, 11) is 0. The van der Waals surface area contributed by atoms with Gasteiger partial charge in [0, 0.05) is 49.9 Å². The van der Waals surface area contributed by atoms with Crippen LogP contribution in [0.2, 0.25) is 0 Å². The zero-order valence-electron chi connectivity index (χ0n) is 24.2. The number of piperazine rings is 1. The molecule has 4 atom stereocenters. The quantitative estimate of drug-likeness (QED) is 0.572. The van der Waals surface area contributed by atoms with Crippen LogP contribution in [0.15, 0.2) is 18.2 Å². The molecule has 1 saturated carbocycles. The van der Waals surface area contributed by atoms with E-state index in [2.05, 4.69) is 43.6 Å². The van der Waals surface area contributed by atoms with Crippen LogP contribution in [0.5, 0.6) is 0 Å². The van der Waals surface area contributed by atoms with Gasteiger partial charge >= 0.3 is 0 Å². The van der Waals surface area contributed by atoms with E-state index in [1.54, 1.807) is 4.90 Å². The van der Waals surface area contributed by atoms with E-state index >= 15 is 0 Å². The lowest BCUT2D eigenvalue weighted by Gasteiger charge is -2.37. The number of anilines is 1. The first kappa shape index (κ1) is 28.1. The molecule has 0 unspecified atom stereocenters. The lowest BCUT2D eigenvalue weighted by molar-refractivity contribution is -0.139. The maximum atomic E-state index is 14.6. The molecule has 3 heterocycles. The van der Waals surface area contributed by atoms with Gasteiger partial charge in [0.1, 0.15) is 12.6 Å². The largest absolute Gasteiger partial charge is 0.369 e. The molecule has 8 nitrogen and oxygen atoms in total. The van der Waals surface area contributed by atoms with Crippen molar-refractivity contribution in [3.8, 4) is 0 Å². The van der Waals surface area contributed by atoms with Gasteiger partial charge in [-0.3, -0.25) is 19.3 Å². The van der Waals surface area contributed by atoms with Crippen LogP contribution >= 0.6 is 0 Å². The summed E-state index contributed by atoms with van der Waals surface area (Å²) in [5.74, 6) is -0.870. The monoisotopic (exact) mass is 538 g/mol. The van der Waals surface area contributed by atoms with Crippen molar-refractivity contribution in [2.45, 2.75) is 77.9 Å². The van der Waals surface area contributed by atoms with E-state index in [4.69, 9.17) is 10.5 Å². The van der Waals surface area contributed by atoms with Crippen molar-refractivity contribution in [3.05, 3.63) is 29.3 Å². The van der Waals surface area contributed by atoms with Crippen LogP contribution in [0, 0.1) is 17.3 Å². The number of nitrogens with zero attached hydrogens (tertiary/aromatic N) is 3. The predicted octanol–water partition coefficient (Wildman–Crippen LogP) is 3.43. The smallest absolute Gasteiger partial charge is 0.249 e. The van der Waals surface area contributed by atoms with E-state index in [-0.39, 0.29) is 41.7 Å². The van der Waals surface area contributed by atoms with Crippen molar-refractivity contribution < 1.29 is 19.1 Å². The minimum Gasteiger partial charge on any atom is -0.369 e. The number of primary amides is 1. The zero-order chi connectivity index (χ0) is 27.9. The molecule has 2 amide bonds. The Hall–Kier alpha value is -2.45. The highest BCUT2D eigenvalue weighted by Gasteiger charge is 2.56. The predicted molar refractivity (Wildman–Crippen MR) is 152 cm³/mol. The minimum absolute atomic E-state index is 0.0147. The topological polar surface area (TPSA) is 96.2 Å². The summed E-state index contributed by atoms with van der Waals surface area (Å²) in [5.41, 5.74) is 8.00. The molecule has 5 rings (SSSR count). The normalized spacial score (nSPS) is 27.3. The number of carbonyl (C=O) groups excluding carboxylic acids is 3. The number of nitrogens with two attached hydrogens (primary N) is 1. The van der Waals surface area contributed by atoms with Crippen molar-refractivity contribution in [1.29, 1.82) is 0 Å². The summed E-state index contributed by atoms with van der Waals surface area (Å²) in [5, 5.41) is 0. The standard InChI is InChI=1S/C31H46N4O4/c1-5-12-33-13-15-34(16-14-33)21-10-11-22(29(32)37)23(17-21)26(20-8-6-7-9-20)30(38)35-18-24(31(2,3)4)28-27(35)25(36)19-39-28/h10-11,17,20,24,26-28H,5-9,12-16,18-19H2,1-4H3,(H2,32,37)/t24-,26-,27+,28+/m0/s1. The molecule has 1 aromatic carbocycles. The Morgan fingerprint density at radius 1 is 1.10 bits per heavy atom. The van der Waals surface area contributed by atoms with E-state index in [9.17, 15) is 14.4 Å². The Kier molecular flexibility index (Phi) is 8.07. The number of Topliss-reactive ketones (excluding diaryl/α,β-unsaturated/α-hetero) is 1. The number of hydrogen-bond acceptors (Lipinski definition) is 6. The molecule has 1 aromatic rings. The fourth-order valence-electron chi connectivity index (χ4n) is 7.48. The number of hydrogen-bond donors (Lipinski definition) is 1. The number of ketones is 1. The average molecular weight is 539 g/mol. The summed E-state index contributed by atoms with van der Waals surface area (Å²) >= 11 is 0. The molecule has 0 spiro atoms. The highest BCUT2D eigenvalue weighted by Crippen LogP contribution is 2.46. The van der Waals surface area contributed by atoms with Crippen molar-refractivity contribution in [3.63, 3.8) is 0 Å². The van der Waals surface area contributed by atoms with Crippen LogP contribution in [0.1, 0.15) is 81.6 Å². The number of rotatable bonds is 7. The van der Waals surface area contributed by atoms with Crippen LogP contribution in [0.25, 0.3) is 0 Å². The fraction of sp³-hybridized carbons (Fsp3) is 0.710. The second kappa shape index (κ2) is 11.2. The highest BCUT2D eigenvalue weighted by atomic mass is 16.5. The van der Waals surface area contributed by atoms with Gasteiger partial charge in [0.05, 0.1) is 12.0 Å². The third-order valence-corrected chi connectivity index (χ3v) is 9.63. The van der Waals surface area contributed by atoms with E-state index in [1.807, 2.05) is 12.1 Å². The average Bonchev–Trinajstić information content (AvgIpc) is 3.63. The zero-order valence-corrected chi connectivity index (χ0v) is 24.2. The Balaban J connectivity index is 1.51. The van der Waals surface area contributed by atoms with Crippen molar-refractivity contribution in [2.75, 3.05) is 50.8 Å². The van der Waals surface area contributed by atoms with E-state index in [1.165, 1.54) is 0 Å². The number of fused-ring (bicyclic) bond motifs is 1. The first-order chi connectivity index (χ1) is 18.6. The summed E-state index contributed by atoms with van der Waals surface area (Å²) in [6.07, 6.45) is 4.88. The van der Waals surface area contributed by atoms with Crippen LogP contribution in [-0.2, 0) is 14.3 Å². The lowest BCUT2D eigenvalue weighted by atomic mass is 9.78. The van der Waals surface area contributed by atoms with Gasteiger partial charge in [-0.15, -0.1) is 0 Å². The van der Waals surface area contributed by atoms with Crippen molar-refractivity contribution >= 4 is 23.3 Å². The number of carbonyl (C=O) groups is 3. The molecule has 3 saturated heterocycles. The van der Waals surface area contributed by atoms with Crippen LogP contribution in [-0.4, -0.2) is 85.4 Å². The van der Waals surface area contributed by atoms with Gasteiger partial charge in [-0.05, 0) is 60.9 Å². The molecule has 0 radical (unpaired) electrons. The van der Waals surface area contributed by atoms with Crippen molar-refractivity contribution in [1.82, 2.24) is 9.80 Å². The van der Waals surface area contributed by atoms with Crippen molar-refractivity contribution in [2.24, 2.45) is 23.0 Å². The van der Waals surface area contributed by atoms with Gasteiger partial charge in [0.25, 0.3) is 0 Å². The van der Waals surface area contributed by atoms with Gasteiger partial charge in [0.2, 0.25) is 11.8 Å². The molecule has 3 aliphatic heterocycles. The molecule has 0 aromatic heterocycles. The van der Waals surface area contributed by atoms with E-state index in [0.717, 1.165) is 76.1 Å². The van der Waals surface area contributed by atoms with Gasteiger partial charge < -0.3 is 20.3 Å². The lowest BCUT2D eigenvalue weighted by Crippen LogP contribution is -2.47. The third-order valence-electron chi connectivity index (χ3n) is 9.63. The molecule has 2 N–H and O–H groups in total. The van der Waals surface area contributed by atoms with Gasteiger partial charge in [0.15, 0.2) is 5.78 Å². The van der Waals surface area contributed by atoms with E-state index < -0.39 is 17.9 Å². The first-order valence-corrected chi connectivity index (χ1v) is 15.0. The summed E-state index contributed by atoms with van der Waals surface area (Å²) in [6.45, 7) is 14.1. The fourth-order valence-corrected chi connectivity index (χ4v) is 7.48. The SMILES string of the molecule is CCCN1CCN(c2ccc(C(N)=O)c([C@@H](C(=O)N3C[C@H](C(C)(C)C)[C@H]4OCC(=O)[C@H]43)C3CCCC3)c2)CC1. The van der Waals surface area contributed by atoms with Crippen LogP contribution in [0.3, 0.4) is 0 Å². The first-order valence-electron chi connectivity index (χ1n) is 15.0. The Morgan fingerprint density at radius 2 is 1.79 bits per heavy atom. The van der Waals surface area contributed by atoms with Gasteiger partial charge in [-0.2, -0.15) is 0 Å². The third kappa shape index (κ3) is 5.47. The molecule has 214 valence electrons. The Labute approximate surface area is 233 Å². The molecule has 4 aliphatic rings. The molecule has 0 bridgehead atoms. The Bertz CT molecular complexity index is 1080. The maximum absolute atomic E-state index is 14.6. The molecule has 1 aliphatic carbocycles. The maximum Gasteiger partial charge on any atom is 0.249 e. The van der Waals surface area contributed by atoms with Crippen LogP contribution in [0.4, 0.5) is 5.69 Å². The molecule has 4 fully saturated rings. The second-order valence-corrected chi connectivity index (χ2v) is 13.1. The molecular weight excluding hydrogens is 492 g/mol. The van der Waals surface area contributed by atoms with Gasteiger partial charge in [-0.1, -0.05) is 40.5 Å². The summed E-state index contributed by atoms with van der Waals surface area (Å²) < 4.78 is 5.98. The number of amides is 2. The minimum atomic E-state index is -0.544. The second-order valence-electron chi connectivity index (χ2n) is 13.1. The van der Waals surface area contributed by atoms with E-state index in [0.29, 0.717) is 12.1 Å². The van der Waals surface area contributed by atoms with Gasteiger partial charge in [-0.25, -0.2) is 0 Å². The molecule has 8 heteroatoms. The number of likely N-dealkylation sites (tertiary alicyclic amines) is 1. The number of ether oxygens (including phenoxy) is 1.